The van der Waals surface area contributed by atoms with Crippen LogP contribution in [0.15, 0.2) is 28.7 Å². The Morgan fingerprint density at radius 2 is 1.81 bits per heavy atom. The molecule has 2 nitrogen and oxygen atoms in total. The lowest BCUT2D eigenvalue weighted by atomic mass is 9.96. The number of piperazine rings is 1. The molecule has 0 amide bonds. The third-order valence-electron chi connectivity index (χ3n) is 3.84. The molecule has 0 unspecified atom stereocenters. The van der Waals surface area contributed by atoms with Crippen LogP contribution in [-0.4, -0.2) is 31.1 Å². The Morgan fingerprint density at radius 1 is 1.14 bits per heavy atom. The third-order valence-corrected chi connectivity index (χ3v) is 4.34. The van der Waals surface area contributed by atoms with E-state index in [1.165, 1.54) is 22.9 Å². The fourth-order valence-electron chi connectivity index (χ4n) is 2.76. The molecular weight excluding hydrogens is 371 g/mol. The minimum atomic E-state index is 0. The second-order valence-corrected chi connectivity index (χ2v) is 6.74. The molecule has 1 heterocycles. The summed E-state index contributed by atoms with van der Waals surface area (Å²) in [6.07, 6.45) is 2.55. The molecule has 1 saturated heterocycles. The molecule has 0 spiro atoms. The predicted octanol–water partition coefficient (Wildman–Crippen LogP) is 4.68. The second-order valence-electron chi connectivity index (χ2n) is 5.83. The molecule has 1 aliphatic heterocycles. The standard InChI is InChI=1S/C16H25BrN2.2ClH/c1-13(2)6-7-16(19-10-8-18-9-11-19)14-4-3-5-15(17)12-14;;/h3-5,12-13,16,18H,6-11H2,1-2H3;2*1H/t16-;;/m1../s1. The molecule has 0 aliphatic carbocycles. The predicted molar refractivity (Wildman–Crippen MR) is 99.9 cm³/mol. The molecule has 1 aromatic carbocycles. The van der Waals surface area contributed by atoms with E-state index in [2.05, 4.69) is 64.3 Å². The summed E-state index contributed by atoms with van der Waals surface area (Å²) in [5, 5.41) is 3.45. The number of hydrogen-bond acceptors (Lipinski definition) is 2. The van der Waals surface area contributed by atoms with Crippen LogP contribution in [0.5, 0.6) is 0 Å². The van der Waals surface area contributed by atoms with E-state index in [1.807, 2.05) is 0 Å². The quantitative estimate of drug-likeness (QED) is 0.776. The van der Waals surface area contributed by atoms with Crippen LogP contribution in [0.25, 0.3) is 0 Å². The SMILES string of the molecule is CC(C)CC[C@H](c1cccc(Br)c1)N1CCNCC1.Cl.Cl. The molecule has 122 valence electrons. The topological polar surface area (TPSA) is 15.3 Å². The van der Waals surface area contributed by atoms with Gasteiger partial charge in [-0.15, -0.1) is 24.8 Å². The number of nitrogens with one attached hydrogen (secondary N) is 1. The van der Waals surface area contributed by atoms with E-state index in [4.69, 9.17) is 0 Å². The Labute approximate surface area is 150 Å². The molecule has 0 saturated carbocycles. The first-order valence-corrected chi connectivity index (χ1v) is 8.16. The van der Waals surface area contributed by atoms with Crippen LogP contribution in [0, 0.1) is 5.92 Å². The molecule has 5 heteroatoms. The Bertz CT molecular complexity index is 396. The van der Waals surface area contributed by atoms with Crippen molar-refractivity contribution in [3.8, 4) is 0 Å². The maximum absolute atomic E-state index is 3.60. The van der Waals surface area contributed by atoms with Gasteiger partial charge in [0.2, 0.25) is 0 Å². The first-order chi connectivity index (χ1) is 9.16. The van der Waals surface area contributed by atoms with Crippen molar-refractivity contribution in [2.24, 2.45) is 5.92 Å². The highest BCUT2D eigenvalue weighted by atomic mass is 79.9. The van der Waals surface area contributed by atoms with Gasteiger partial charge in [-0.2, -0.15) is 0 Å². The van der Waals surface area contributed by atoms with Crippen molar-refractivity contribution in [2.45, 2.75) is 32.7 Å². The van der Waals surface area contributed by atoms with Gasteiger partial charge in [0.1, 0.15) is 0 Å². The summed E-state index contributed by atoms with van der Waals surface area (Å²) in [5.41, 5.74) is 1.46. The Morgan fingerprint density at radius 3 is 2.38 bits per heavy atom. The molecule has 0 radical (unpaired) electrons. The highest BCUT2D eigenvalue weighted by molar-refractivity contribution is 9.10. The molecule has 1 aliphatic rings. The maximum atomic E-state index is 3.60. The molecule has 1 fully saturated rings. The molecule has 1 N–H and O–H groups in total. The van der Waals surface area contributed by atoms with E-state index in [0.29, 0.717) is 6.04 Å². The smallest absolute Gasteiger partial charge is 0.0349 e. The average molecular weight is 398 g/mol. The first-order valence-electron chi connectivity index (χ1n) is 7.37. The minimum Gasteiger partial charge on any atom is -0.314 e. The summed E-state index contributed by atoms with van der Waals surface area (Å²) < 4.78 is 1.19. The molecular formula is C16H27BrCl2N2. The zero-order valence-electron chi connectivity index (χ0n) is 12.8. The zero-order valence-corrected chi connectivity index (χ0v) is 16.1. The fourth-order valence-corrected chi connectivity index (χ4v) is 3.18. The number of benzene rings is 1. The normalized spacial score (nSPS) is 17.0. The monoisotopic (exact) mass is 396 g/mol. The van der Waals surface area contributed by atoms with Crippen molar-refractivity contribution in [1.29, 1.82) is 0 Å². The van der Waals surface area contributed by atoms with Crippen LogP contribution in [0.2, 0.25) is 0 Å². The highest BCUT2D eigenvalue weighted by Crippen LogP contribution is 2.29. The van der Waals surface area contributed by atoms with Gasteiger partial charge < -0.3 is 5.32 Å². The van der Waals surface area contributed by atoms with Crippen molar-refractivity contribution in [1.82, 2.24) is 10.2 Å². The van der Waals surface area contributed by atoms with Crippen LogP contribution < -0.4 is 5.32 Å². The van der Waals surface area contributed by atoms with Crippen molar-refractivity contribution >= 4 is 40.7 Å². The van der Waals surface area contributed by atoms with Gasteiger partial charge in [0.05, 0.1) is 0 Å². The number of nitrogens with zero attached hydrogens (tertiary/aromatic N) is 1. The van der Waals surface area contributed by atoms with Gasteiger partial charge in [0.15, 0.2) is 0 Å². The summed E-state index contributed by atoms with van der Waals surface area (Å²) in [6, 6.07) is 9.40. The Balaban J connectivity index is 0.00000200. The van der Waals surface area contributed by atoms with Gasteiger partial charge in [-0.25, -0.2) is 0 Å². The minimum absolute atomic E-state index is 0. The van der Waals surface area contributed by atoms with Crippen LogP contribution in [-0.2, 0) is 0 Å². The molecule has 0 aromatic heterocycles. The van der Waals surface area contributed by atoms with E-state index in [-0.39, 0.29) is 24.8 Å². The van der Waals surface area contributed by atoms with Crippen molar-refractivity contribution in [3.63, 3.8) is 0 Å². The van der Waals surface area contributed by atoms with Gasteiger partial charge in [-0.3, -0.25) is 4.90 Å². The van der Waals surface area contributed by atoms with E-state index in [0.717, 1.165) is 32.1 Å². The number of rotatable bonds is 5. The fraction of sp³-hybridized carbons (Fsp3) is 0.625. The van der Waals surface area contributed by atoms with E-state index >= 15 is 0 Å². The number of halogens is 3. The summed E-state index contributed by atoms with van der Waals surface area (Å²) >= 11 is 3.60. The number of hydrogen-bond donors (Lipinski definition) is 1. The second kappa shape index (κ2) is 10.8. The molecule has 21 heavy (non-hydrogen) atoms. The molecule has 1 atom stereocenters. The lowest BCUT2D eigenvalue weighted by Gasteiger charge is -2.35. The molecule has 2 rings (SSSR count). The Hall–Kier alpha value is 0.200. The van der Waals surface area contributed by atoms with Crippen molar-refractivity contribution < 1.29 is 0 Å². The lowest BCUT2D eigenvalue weighted by molar-refractivity contribution is 0.160. The van der Waals surface area contributed by atoms with Gasteiger partial charge >= 0.3 is 0 Å². The van der Waals surface area contributed by atoms with Gasteiger partial charge in [0, 0.05) is 36.7 Å². The van der Waals surface area contributed by atoms with Crippen LogP contribution in [0.3, 0.4) is 0 Å². The maximum Gasteiger partial charge on any atom is 0.0349 e. The highest BCUT2D eigenvalue weighted by Gasteiger charge is 2.22. The van der Waals surface area contributed by atoms with E-state index < -0.39 is 0 Å². The summed E-state index contributed by atoms with van der Waals surface area (Å²) in [5.74, 6) is 0.776. The largest absolute Gasteiger partial charge is 0.314 e. The van der Waals surface area contributed by atoms with Crippen molar-refractivity contribution in [2.75, 3.05) is 26.2 Å². The first kappa shape index (κ1) is 21.2. The van der Waals surface area contributed by atoms with E-state index in [1.54, 1.807) is 0 Å². The van der Waals surface area contributed by atoms with Crippen LogP contribution in [0.4, 0.5) is 0 Å². The third kappa shape index (κ3) is 6.87. The zero-order chi connectivity index (χ0) is 13.7. The molecule has 1 aromatic rings. The van der Waals surface area contributed by atoms with Gasteiger partial charge in [-0.1, -0.05) is 41.9 Å². The van der Waals surface area contributed by atoms with Crippen molar-refractivity contribution in [3.05, 3.63) is 34.3 Å². The van der Waals surface area contributed by atoms with E-state index in [9.17, 15) is 0 Å². The summed E-state index contributed by atoms with van der Waals surface area (Å²) in [7, 11) is 0. The van der Waals surface area contributed by atoms with Gasteiger partial charge in [-0.05, 0) is 36.5 Å². The Kier molecular flexibility index (Phi) is 11.0. The van der Waals surface area contributed by atoms with Gasteiger partial charge in [0.25, 0.3) is 0 Å². The van der Waals surface area contributed by atoms with Crippen LogP contribution in [0.1, 0.15) is 38.3 Å². The summed E-state index contributed by atoms with van der Waals surface area (Å²) in [4.78, 5) is 2.64. The van der Waals surface area contributed by atoms with Crippen LogP contribution >= 0.6 is 40.7 Å². The average Bonchev–Trinajstić information content (AvgIpc) is 2.40. The lowest BCUT2D eigenvalue weighted by Crippen LogP contribution is -2.45. The molecule has 0 bridgehead atoms. The summed E-state index contributed by atoms with van der Waals surface area (Å²) in [6.45, 7) is 9.19.